The third-order valence-corrected chi connectivity index (χ3v) is 7.93. The van der Waals surface area contributed by atoms with Gasteiger partial charge in [0.1, 0.15) is 6.04 Å². The first kappa shape index (κ1) is 27.3. The first-order valence-electron chi connectivity index (χ1n) is 12.3. The van der Waals surface area contributed by atoms with Crippen LogP contribution in [0.25, 0.3) is 0 Å². The predicted octanol–water partition coefficient (Wildman–Crippen LogP) is 1.90. The van der Waals surface area contributed by atoms with Gasteiger partial charge in [0.2, 0.25) is 5.91 Å². The summed E-state index contributed by atoms with van der Waals surface area (Å²) in [5, 5.41) is 4.72. The number of sulfone groups is 1. The average molecular weight is 502 g/mol. The Morgan fingerprint density at radius 3 is 2.29 bits per heavy atom. The molecule has 0 saturated carbocycles. The van der Waals surface area contributed by atoms with E-state index in [4.69, 9.17) is 11.6 Å². The lowest BCUT2D eigenvalue weighted by molar-refractivity contribution is -0.124. The minimum atomic E-state index is -3.17. The lowest BCUT2D eigenvalue weighted by Gasteiger charge is -2.33. The Balaban J connectivity index is 1.41. The highest BCUT2D eigenvalue weighted by Crippen LogP contribution is 2.20. The van der Waals surface area contributed by atoms with E-state index in [-0.39, 0.29) is 11.9 Å². The fraction of sp³-hybridized carbons (Fsp3) is 0.500. The number of likely N-dealkylation sites (tertiary alicyclic amines) is 1. The fourth-order valence-corrected chi connectivity index (χ4v) is 5.22. The molecule has 9 heteroatoms. The van der Waals surface area contributed by atoms with Crippen LogP contribution in [0.15, 0.2) is 59.5 Å². The maximum atomic E-state index is 12.8. The van der Waals surface area contributed by atoms with Crippen molar-refractivity contribution in [3.8, 4) is 0 Å². The van der Waals surface area contributed by atoms with Crippen LogP contribution >= 0.6 is 0 Å². The monoisotopic (exact) mass is 501 g/mol. The molecule has 1 saturated heterocycles. The second-order valence-corrected chi connectivity index (χ2v) is 11.6. The number of carbonyl (C=O) groups is 1. The Kier molecular flexibility index (Phi) is 9.82. The van der Waals surface area contributed by atoms with E-state index < -0.39 is 15.9 Å². The summed E-state index contributed by atoms with van der Waals surface area (Å²) in [6, 6.07) is 16.1. The van der Waals surface area contributed by atoms with E-state index in [0.717, 1.165) is 43.6 Å². The van der Waals surface area contributed by atoms with Crippen molar-refractivity contribution in [1.29, 1.82) is 0 Å². The van der Waals surface area contributed by atoms with E-state index in [9.17, 15) is 13.2 Å². The number of nitrogens with one attached hydrogen (secondary N) is 1. The number of piperidine rings is 1. The summed E-state index contributed by atoms with van der Waals surface area (Å²) in [6.07, 6.45) is 3.88. The summed E-state index contributed by atoms with van der Waals surface area (Å²) in [5.41, 5.74) is 8.49. The highest BCUT2D eigenvalue weighted by Gasteiger charge is 2.28. The summed E-state index contributed by atoms with van der Waals surface area (Å²) in [5.74, 6) is 6.54. The molecule has 2 unspecified atom stereocenters. The van der Waals surface area contributed by atoms with Crippen LogP contribution in [-0.2, 0) is 27.7 Å². The van der Waals surface area contributed by atoms with Gasteiger partial charge in [0, 0.05) is 31.9 Å². The van der Waals surface area contributed by atoms with Crippen LogP contribution in [0, 0.1) is 5.92 Å². The molecule has 0 spiro atoms. The number of nitrogens with two attached hydrogens (primary N) is 2. The molecule has 1 aliphatic rings. The Morgan fingerprint density at radius 1 is 1.09 bits per heavy atom. The van der Waals surface area contributed by atoms with E-state index in [0.29, 0.717) is 30.3 Å². The van der Waals surface area contributed by atoms with Gasteiger partial charge in [0.25, 0.3) is 0 Å². The predicted molar refractivity (Wildman–Crippen MR) is 139 cm³/mol. The van der Waals surface area contributed by atoms with Crippen LogP contribution in [0.1, 0.15) is 37.3 Å². The van der Waals surface area contributed by atoms with Crippen molar-refractivity contribution in [2.24, 2.45) is 17.5 Å². The zero-order chi connectivity index (χ0) is 25.4. The quantitative estimate of drug-likeness (QED) is 0.318. The Labute approximate surface area is 209 Å². The highest BCUT2D eigenvalue weighted by atomic mass is 32.2. The van der Waals surface area contributed by atoms with E-state index >= 15 is 0 Å². The molecule has 1 heterocycles. The Hall–Kier alpha value is -2.30. The smallest absolute Gasteiger partial charge is 0.238 e. The van der Waals surface area contributed by atoms with E-state index in [1.54, 1.807) is 17.1 Å². The largest absolute Gasteiger partial charge is 0.354 e. The highest BCUT2D eigenvalue weighted by molar-refractivity contribution is 7.90. The molecule has 1 fully saturated rings. The van der Waals surface area contributed by atoms with Gasteiger partial charge in [-0.05, 0) is 61.5 Å². The van der Waals surface area contributed by atoms with Gasteiger partial charge in [-0.15, -0.1) is 0 Å². The molecule has 5 N–H and O–H groups in total. The number of rotatable bonds is 11. The van der Waals surface area contributed by atoms with E-state index in [2.05, 4.69) is 10.2 Å². The summed E-state index contributed by atoms with van der Waals surface area (Å²) >= 11 is 0. The Bertz CT molecular complexity index is 1040. The summed E-state index contributed by atoms with van der Waals surface area (Å²) in [6.45, 7) is 5.81. The van der Waals surface area contributed by atoms with Crippen molar-refractivity contribution in [1.82, 2.24) is 15.2 Å². The number of hydrogen-bond acceptors (Lipinski definition) is 7. The molecule has 2 atom stereocenters. The van der Waals surface area contributed by atoms with Crippen LogP contribution in [0.3, 0.4) is 0 Å². The molecule has 0 radical (unpaired) electrons. The van der Waals surface area contributed by atoms with Crippen LogP contribution in [0.2, 0.25) is 0 Å². The minimum absolute atomic E-state index is 0.159. The SMILES string of the molecule is CCC(C(N)C(=O)NCC1CCN(Cc2ccc(S(C)(=O)=O)cc2)CC1)N(N)Cc1ccccc1. The molecule has 0 aliphatic carbocycles. The summed E-state index contributed by atoms with van der Waals surface area (Å²) in [4.78, 5) is 15.5. The van der Waals surface area contributed by atoms with Crippen molar-refractivity contribution in [3.63, 3.8) is 0 Å². The number of hydrogen-bond donors (Lipinski definition) is 3. The van der Waals surface area contributed by atoms with Crippen molar-refractivity contribution in [2.75, 3.05) is 25.9 Å². The molecule has 0 aromatic heterocycles. The third kappa shape index (κ3) is 8.12. The normalized spacial score (nSPS) is 17.3. The molecule has 35 heavy (non-hydrogen) atoms. The van der Waals surface area contributed by atoms with E-state index in [1.165, 1.54) is 6.26 Å². The van der Waals surface area contributed by atoms with E-state index in [1.807, 2.05) is 49.4 Å². The third-order valence-electron chi connectivity index (χ3n) is 6.80. The maximum absolute atomic E-state index is 12.8. The topological polar surface area (TPSA) is 122 Å². The molecule has 1 amide bonds. The van der Waals surface area contributed by atoms with Crippen molar-refractivity contribution >= 4 is 15.7 Å². The van der Waals surface area contributed by atoms with Gasteiger partial charge in [-0.1, -0.05) is 49.4 Å². The molecular weight excluding hydrogens is 462 g/mol. The first-order valence-corrected chi connectivity index (χ1v) is 14.2. The minimum Gasteiger partial charge on any atom is -0.354 e. The number of amides is 1. The number of carbonyl (C=O) groups excluding carboxylic acids is 1. The molecule has 3 rings (SSSR count). The zero-order valence-corrected chi connectivity index (χ0v) is 21.6. The van der Waals surface area contributed by atoms with Gasteiger partial charge in [-0.3, -0.25) is 15.5 Å². The number of benzene rings is 2. The van der Waals surface area contributed by atoms with Gasteiger partial charge >= 0.3 is 0 Å². The molecule has 8 nitrogen and oxygen atoms in total. The zero-order valence-electron chi connectivity index (χ0n) is 20.8. The lowest BCUT2D eigenvalue weighted by atomic mass is 9.96. The van der Waals surface area contributed by atoms with Crippen molar-refractivity contribution < 1.29 is 13.2 Å². The van der Waals surface area contributed by atoms with Gasteiger partial charge in [0.15, 0.2) is 9.84 Å². The summed E-state index contributed by atoms with van der Waals surface area (Å²) < 4.78 is 23.3. The molecular formula is C26H39N5O3S. The van der Waals surface area contributed by atoms with Crippen molar-refractivity contribution in [2.45, 2.75) is 56.3 Å². The van der Waals surface area contributed by atoms with Crippen molar-refractivity contribution in [3.05, 3.63) is 65.7 Å². The molecule has 2 aromatic rings. The lowest BCUT2D eigenvalue weighted by Crippen LogP contribution is -2.57. The van der Waals surface area contributed by atoms with Gasteiger partial charge < -0.3 is 11.1 Å². The van der Waals surface area contributed by atoms with Crippen LogP contribution < -0.4 is 16.9 Å². The van der Waals surface area contributed by atoms with Crippen LogP contribution in [-0.4, -0.2) is 62.2 Å². The maximum Gasteiger partial charge on any atom is 0.238 e. The fourth-order valence-electron chi connectivity index (χ4n) is 4.59. The molecule has 0 bridgehead atoms. The second kappa shape index (κ2) is 12.6. The van der Waals surface area contributed by atoms with Crippen LogP contribution in [0.5, 0.6) is 0 Å². The second-order valence-electron chi connectivity index (χ2n) is 9.54. The average Bonchev–Trinajstić information content (AvgIpc) is 2.84. The standard InChI is InChI=1S/C26H39N5O3S/c1-3-24(31(28)19-21-7-5-4-6-8-21)25(27)26(32)29-17-20-13-15-30(16-14-20)18-22-9-11-23(12-10-22)35(2,33)34/h4-12,20,24-25H,3,13-19,27-28H2,1-2H3,(H,29,32). The van der Waals surface area contributed by atoms with Gasteiger partial charge in [-0.25, -0.2) is 13.4 Å². The molecule has 2 aromatic carbocycles. The molecule has 192 valence electrons. The first-order chi connectivity index (χ1) is 16.7. The number of nitrogens with zero attached hydrogens (tertiary/aromatic N) is 2. The van der Waals surface area contributed by atoms with Crippen LogP contribution in [0.4, 0.5) is 0 Å². The number of hydrazine groups is 1. The van der Waals surface area contributed by atoms with Gasteiger partial charge in [0.05, 0.1) is 4.90 Å². The summed E-state index contributed by atoms with van der Waals surface area (Å²) in [7, 11) is -3.17. The Morgan fingerprint density at radius 2 is 1.71 bits per heavy atom. The molecule has 1 aliphatic heterocycles. The van der Waals surface area contributed by atoms with Gasteiger partial charge in [-0.2, -0.15) is 0 Å².